The molecule has 0 atom stereocenters. The minimum Gasteiger partial charge on any atom is -0.497 e. The molecule has 0 aliphatic carbocycles. The van der Waals surface area contributed by atoms with Crippen molar-refractivity contribution in [1.29, 1.82) is 0 Å². The number of carbonyl (C=O) groups is 1. The van der Waals surface area contributed by atoms with Crippen molar-refractivity contribution in [2.75, 3.05) is 26.6 Å². The molecule has 0 fully saturated rings. The van der Waals surface area contributed by atoms with Gasteiger partial charge >= 0.3 is 0 Å². The number of halogens is 1. The molecule has 0 bridgehead atoms. The smallest absolute Gasteiger partial charge is 0.255 e. The van der Waals surface area contributed by atoms with Gasteiger partial charge in [-0.05, 0) is 30.0 Å². The molecule has 0 unspecified atom stereocenters. The summed E-state index contributed by atoms with van der Waals surface area (Å²) in [5.41, 5.74) is 0.428. The van der Waals surface area contributed by atoms with Gasteiger partial charge in [-0.2, -0.15) is 0 Å². The van der Waals surface area contributed by atoms with Crippen molar-refractivity contribution in [2.24, 2.45) is 5.41 Å². The number of methoxy groups -OCH3 is 2. The number of rotatable bonds is 7. The zero-order valence-electron chi connectivity index (χ0n) is 12.5. The molecule has 1 aromatic rings. The van der Waals surface area contributed by atoms with Crippen molar-refractivity contribution >= 4 is 17.5 Å². The lowest BCUT2D eigenvalue weighted by Gasteiger charge is -2.24. The average molecular weight is 300 g/mol. The van der Waals surface area contributed by atoms with Crippen LogP contribution < -0.4 is 14.8 Å². The number of hydrogen-bond donors (Lipinski definition) is 1. The highest BCUT2D eigenvalue weighted by Crippen LogP contribution is 2.25. The average Bonchev–Trinajstić information content (AvgIpc) is 2.44. The minimum atomic E-state index is -0.177. The topological polar surface area (TPSA) is 47.6 Å². The number of benzene rings is 1. The number of ether oxygens (including phenoxy) is 2. The number of amides is 1. The monoisotopic (exact) mass is 299 g/mol. The van der Waals surface area contributed by atoms with Crippen LogP contribution in [0.15, 0.2) is 18.2 Å². The molecule has 1 N–H and O–H groups in total. The number of carbonyl (C=O) groups excluding carboxylic acids is 1. The normalized spacial score (nSPS) is 11.1. The molecule has 0 spiro atoms. The second kappa shape index (κ2) is 7.39. The summed E-state index contributed by atoms with van der Waals surface area (Å²) in [6.45, 7) is 4.69. The van der Waals surface area contributed by atoms with Crippen LogP contribution in [0, 0.1) is 5.41 Å². The fourth-order valence-electron chi connectivity index (χ4n) is 1.75. The van der Waals surface area contributed by atoms with E-state index in [1.807, 2.05) is 0 Å². The first-order valence-corrected chi connectivity index (χ1v) is 7.03. The van der Waals surface area contributed by atoms with E-state index in [0.29, 0.717) is 29.5 Å². The van der Waals surface area contributed by atoms with E-state index in [1.54, 1.807) is 25.3 Å². The molecule has 0 heterocycles. The van der Waals surface area contributed by atoms with Crippen LogP contribution in [0.5, 0.6) is 11.5 Å². The summed E-state index contributed by atoms with van der Waals surface area (Å²) in [6, 6.07) is 5.15. The van der Waals surface area contributed by atoms with Gasteiger partial charge in [0.25, 0.3) is 5.91 Å². The number of alkyl halides is 1. The number of hydrogen-bond acceptors (Lipinski definition) is 3. The molecule has 1 aromatic carbocycles. The fourth-order valence-corrected chi connectivity index (χ4v) is 2.26. The van der Waals surface area contributed by atoms with Crippen molar-refractivity contribution in [3.05, 3.63) is 23.8 Å². The standard InChI is InChI=1S/C15H22ClNO3/c1-15(2,7-8-16)10-17-14(18)12-9-11(19-3)5-6-13(12)20-4/h5-6,9H,7-8,10H2,1-4H3,(H,17,18). The van der Waals surface area contributed by atoms with E-state index in [4.69, 9.17) is 21.1 Å². The molecule has 0 aromatic heterocycles. The Morgan fingerprint density at radius 3 is 2.55 bits per heavy atom. The van der Waals surface area contributed by atoms with Crippen LogP contribution in [0.25, 0.3) is 0 Å². The maximum absolute atomic E-state index is 12.3. The lowest BCUT2D eigenvalue weighted by Crippen LogP contribution is -2.34. The Labute approximate surface area is 125 Å². The van der Waals surface area contributed by atoms with Gasteiger partial charge < -0.3 is 14.8 Å². The van der Waals surface area contributed by atoms with Crippen molar-refractivity contribution in [3.63, 3.8) is 0 Å². The van der Waals surface area contributed by atoms with Gasteiger partial charge in [0.05, 0.1) is 19.8 Å². The minimum absolute atomic E-state index is 0.0382. The van der Waals surface area contributed by atoms with Gasteiger partial charge in [-0.1, -0.05) is 13.8 Å². The first kappa shape index (κ1) is 16.6. The molecule has 112 valence electrons. The second-order valence-electron chi connectivity index (χ2n) is 5.35. The van der Waals surface area contributed by atoms with E-state index in [2.05, 4.69) is 19.2 Å². The fraction of sp³-hybridized carbons (Fsp3) is 0.533. The Hall–Kier alpha value is -1.42. The van der Waals surface area contributed by atoms with Gasteiger partial charge in [0.2, 0.25) is 0 Å². The molecule has 5 heteroatoms. The third-order valence-corrected chi connectivity index (χ3v) is 3.34. The van der Waals surface area contributed by atoms with Crippen molar-refractivity contribution in [3.8, 4) is 11.5 Å². The molecule has 0 aliphatic heterocycles. The molecule has 4 nitrogen and oxygen atoms in total. The molecular formula is C15H22ClNO3. The molecule has 0 saturated heterocycles. The summed E-state index contributed by atoms with van der Waals surface area (Å²) in [7, 11) is 3.10. The highest BCUT2D eigenvalue weighted by molar-refractivity contribution is 6.17. The SMILES string of the molecule is COc1ccc(OC)c(C(=O)NCC(C)(C)CCCl)c1. The molecule has 20 heavy (non-hydrogen) atoms. The van der Waals surface area contributed by atoms with Crippen LogP contribution in [0.1, 0.15) is 30.6 Å². The van der Waals surface area contributed by atoms with E-state index in [1.165, 1.54) is 7.11 Å². The van der Waals surface area contributed by atoms with E-state index < -0.39 is 0 Å². The Kier molecular flexibility index (Phi) is 6.14. The van der Waals surface area contributed by atoms with Crippen LogP contribution >= 0.6 is 11.6 Å². The Morgan fingerprint density at radius 2 is 2.00 bits per heavy atom. The van der Waals surface area contributed by atoms with Gasteiger partial charge in [0.15, 0.2) is 0 Å². The predicted molar refractivity (Wildman–Crippen MR) is 81.0 cm³/mol. The van der Waals surface area contributed by atoms with Crippen LogP contribution in [0.3, 0.4) is 0 Å². The third kappa shape index (κ3) is 4.60. The van der Waals surface area contributed by atoms with Crippen LogP contribution in [-0.4, -0.2) is 32.6 Å². The van der Waals surface area contributed by atoms with Gasteiger partial charge in [-0.15, -0.1) is 11.6 Å². The zero-order valence-corrected chi connectivity index (χ0v) is 13.2. The van der Waals surface area contributed by atoms with Crippen molar-refractivity contribution < 1.29 is 14.3 Å². The quantitative estimate of drug-likeness (QED) is 0.787. The molecule has 0 radical (unpaired) electrons. The third-order valence-electron chi connectivity index (χ3n) is 3.15. The first-order chi connectivity index (χ1) is 9.43. The van der Waals surface area contributed by atoms with Crippen LogP contribution in [0.2, 0.25) is 0 Å². The molecular weight excluding hydrogens is 278 g/mol. The highest BCUT2D eigenvalue weighted by atomic mass is 35.5. The van der Waals surface area contributed by atoms with Gasteiger partial charge in [0, 0.05) is 12.4 Å². The maximum atomic E-state index is 12.3. The lowest BCUT2D eigenvalue weighted by molar-refractivity contribution is 0.0932. The van der Waals surface area contributed by atoms with E-state index >= 15 is 0 Å². The van der Waals surface area contributed by atoms with Crippen molar-refractivity contribution in [1.82, 2.24) is 5.32 Å². The lowest BCUT2D eigenvalue weighted by atomic mass is 9.90. The van der Waals surface area contributed by atoms with E-state index in [-0.39, 0.29) is 11.3 Å². The second-order valence-corrected chi connectivity index (χ2v) is 5.73. The Morgan fingerprint density at radius 1 is 1.30 bits per heavy atom. The molecule has 0 aliphatic rings. The summed E-state index contributed by atoms with van der Waals surface area (Å²) in [4.78, 5) is 12.3. The highest BCUT2D eigenvalue weighted by Gasteiger charge is 2.20. The van der Waals surface area contributed by atoms with E-state index in [9.17, 15) is 4.79 Å². The summed E-state index contributed by atoms with van der Waals surface area (Å²) in [5, 5.41) is 2.92. The molecule has 0 saturated carbocycles. The summed E-state index contributed by atoms with van der Waals surface area (Å²) in [5.74, 6) is 1.54. The Bertz CT molecular complexity index is 460. The van der Waals surface area contributed by atoms with Crippen LogP contribution in [0.4, 0.5) is 0 Å². The first-order valence-electron chi connectivity index (χ1n) is 6.49. The largest absolute Gasteiger partial charge is 0.497 e. The molecule has 1 rings (SSSR count). The van der Waals surface area contributed by atoms with E-state index in [0.717, 1.165) is 6.42 Å². The predicted octanol–water partition coefficient (Wildman–Crippen LogP) is 3.09. The van der Waals surface area contributed by atoms with Gasteiger partial charge in [-0.25, -0.2) is 0 Å². The van der Waals surface area contributed by atoms with Crippen LogP contribution in [-0.2, 0) is 0 Å². The maximum Gasteiger partial charge on any atom is 0.255 e. The summed E-state index contributed by atoms with van der Waals surface area (Å²) >= 11 is 5.76. The van der Waals surface area contributed by atoms with Gasteiger partial charge in [0.1, 0.15) is 11.5 Å². The summed E-state index contributed by atoms with van der Waals surface area (Å²) < 4.78 is 10.3. The number of nitrogens with one attached hydrogen (secondary N) is 1. The van der Waals surface area contributed by atoms with Gasteiger partial charge in [-0.3, -0.25) is 4.79 Å². The zero-order chi connectivity index (χ0) is 15.2. The van der Waals surface area contributed by atoms with Crippen molar-refractivity contribution in [2.45, 2.75) is 20.3 Å². The Balaban J connectivity index is 2.81. The summed E-state index contributed by atoms with van der Waals surface area (Å²) in [6.07, 6.45) is 0.837. The molecule has 1 amide bonds.